The predicted octanol–water partition coefficient (Wildman–Crippen LogP) is 4.48. The van der Waals surface area contributed by atoms with Crippen LogP contribution in [0.1, 0.15) is 22.3 Å². The van der Waals surface area contributed by atoms with Crippen LogP contribution in [-0.4, -0.2) is 0 Å². The molecule has 2 heteroatoms. The third-order valence-corrected chi connectivity index (χ3v) is 3.95. The van der Waals surface area contributed by atoms with Gasteiger partial charge < -0.3 is 4.90 Å². The van der Waals surface area contributed by atoms with Crippen LogP contribution in [0.25, 0.3) is 0 Å². The lowest BCUT2D eigenvalue weighted by molar-refractivity contribution is 0.880. The Morgan fingerprint density at radius 2 is 1.56 bits per heavy atom. The standard InChI is InChI=1S/C16H16ClN/c1-11-6-13-9-18(10-14(13)7-12(11)2)16-5-3-4-15(17)8-16/h3-8H,9-10H2,1-2H3. The molecule has 0 amide bonds. The Balaban J connectivity index is 1.93. The predicted molar refractivity (Wildman–Crippen MR) is 77.3 cm³/mol. The van der Waals surface area contributed by atoms with Gasteiger partial charge in [-0.3, -0.25) is 0 Å². The summed E-state index contributed by atoms with van der Waals surface area (Å²) in [6, 6.07) is 12.7. The van der Waals surface area contributed by atoms with Crippen molar-refractivity contribution >= 4 is 17.3 Å². The van der Waals surface area contributed by atoms with Gasteiger partial charge >= 0.3 is 0 Å². The molecule has 0 saturated carbocycles. The van der Waals surface area contributed by atoms with E-state index in [0.717, 1.165) is 18.1 Å². The third kappa shape index (κ3) is 1.99. The van der Waals surface area contributed by atoms with Crippen LogP contribution in [-0.2, 0) is 13.1 Å². The normalized spacial score (nSPS) is 13.8. The minimum absolute atomic E-state index is 0.802. The monoisotopic (exact) mass is 257 g/mol. The van der Waals surface area contributed by atoms with Crippen molar-refractivity contribution in [3.63, 3.8) is 0 Å². The first-order chi connectivity index (χ1) is 8.63. The summed E-state index contributed by atoms with van der Waals surface area (Å²) in [4.78, 5) is 2.37. The van der Waals surface area contributed by atoms with Crippen LogP contribution in [0.5, 0.6) is 0 Å². The van der Waals surface area contributed by atoms with Crippen molar-refractivity contribution in [2.24, 2.45) is 0 Å². The Morgan fingerprint density at radius 1 is 0.944 bits per heavy atom. The van der Waals surface area contributed by atoms with E-state index in [2.05, 4.69) is 36.9 Å². The van der Waals surface area contributed by atoms with Gasteiger partial charge in [0, 0.05) is 23.8 Å². The molecule has 3 rings (SSSR count). The second-order valence-electron chi connectivity index (χ2n) is 5.04. The highest BCUT2D eigenvalue weighted by Gasteiger charge is 2.19. The Bertz CT molecular complexity index is 573. The molecule has 18 heavy (non-hydrogen) atoms. The fourth-order valence-corrected chi connectivity index (χ4v) is 2.74. The van der Waals surface area contributed by atoms with Crippen LogP contribution in [0.15, 0.2) is 36.4 Å². The van der Waals surface area contributed by atoms with Crippen molar-refractivity contribution in [1.29, 1.82) is 0 Å². The van der Waals surface area contributed by atoms with E-state index < -0.39 is 0 Å². The van der Waals surface area contributed by atoms with Gasteiger partial charge in [-0.1, -0.05) is 29.8 Å². The van der Waals surface area contributed by atoms with Crippen molar-refractivity contribution in [2.45, 2.75) is 26.9 Å². The van der Waals surface area contributed by atoms with E-state index in [4.69, 9.17) is 11.6 Å². The average Bonchev–Trinajstić information content (AvgIpc) is 2.73. The van der Waals surface area contributed by atoms with E-state index in [1.807, 2.05) is 18.2 Å². The zero-order valence-corrected chi connectivity index (χ0v) is 11.5. The topological polar surface area (TPSA) is 3.24 Å². The molecule has 0 radical (unpaired) electrons. The molecule has 0 aromatic heterocycles. The zero-order valence-electron chi connectivity index (χ0n) is 10.7. The van der Waals surface area contributed by atoms with E-state index in [0.29, 0.717) is 0 Å². The molecule has 0 N–H and O–H groups in total. The van der Waals surface area contributed by atoms with Gasteiger partial charge in [0.2, 0.25) is 0 Å². The minimum Gasteiger partial charge on any atom is -0.363 e. The van der Waals surface area contributed by atoms with Crippen molar-refractivity contribution in [3.8, 4) is 0 Å². The number of fused-ring (bicyclic) bond motifs is 1. The van der Waals surface area contributed by atoms with Gasteiger partial charge in [-0.25, -0.2) is 0 Å². The summed E-state index contributed by atoms with van der Waals surface area (Å²) in [6.07, 6.45) is 0. The Labute approximate surface area is 113 Å². The Hall–Kier alpha value is -1.47. The maximum absolute atomic E-state index is 6.06. The van der Waals surface area contributed by atoms with E-state index in [9.17, 15) is 0 Å². The van der Waals surface area contributed by atoms with Crippen molar-refractivity contribution in [3.05, 3.63) is 63.7 Å². The minimum atomic E-state index is 0.802. The number of aryl methyl sites for hydroxylation is 2. The van der Waals surface area contributed by atoms with Gasteiger partial charge in [0.1, 0.15) is 0 Å². The molecule has 0 bridgehead atoms. The molecule has 2 aromatic rings. The maximum atomic E-state index is 6.06. The van der Waals surface area contributed by atoms with Crippen LogP contribution < -0.4 is 4.90 Å². The third-order valence-electron chi connectivity index (χ3n) is 3.71. The van der Waals surface area contributed by atoms with Crippen LogP contribution in [0, 0.1) is 13.8 Å². The first-order valence-electron chi connectivity index (χ1n) is 6.23. The van der Waals surface area contributed by atoms with E-state index in [1.165, 1.54) is 27.9 Å². The van der Waals surface area contributed by atoms with Crippen LogP contribution in [0.4, 0.5) is 5.69 Å². The first-order valence-corrected chi connectivity index (χ1v) is 6.61. The zero-order chi connectivity index (χ0) is 12.7. The number of hydrogen-bond acceptors (Lipinski definition) is 1. The van der Waals surface area contributed by atoms with E-state index >= 15 is 0 Å². The largest absolute Gasteiger partial charge is 0.363 e. The maximum Gasteiger partial charge on any atom is 0.0436 e. The van der Waals surface area contributed by atoms with E-state index in [1.54, 1.807) is 0 Å². The van der Waals surface area contributed by atoms with Gasteiger partial charge in [-0.05, 0) is 54.3 Å². The van der Waals surface area contributed by atoms with Gasteiger partial charge in [-0.15, -0.1) is 0 Å². The molecule has 1 aliphatic heterocycles. The molecule has 0 fully saturated rings. The van der Waals surface area contributed by atoms with Gasteiger partial charge in [0.25, 0.3) is 0 Å². The Morgan fingerprint density at radius 3 is 2.11 bits per heavy atom. The summed E-state index contributed by atoms with van der Waals surface area (Å²) < 4.78 is 0. The quantitative estimate of drug-likeness (QED) is 0.728. The van der Waals surface area contributed by atoms with Crippen molar-refractivity contribution < 1.29 is 0 Å². The number of hydrogen-bond donors (Lipinski definition) is 0. The molecule has 0 aliphatic carbocycles. The molecule has 0 atom stereocenters. The molecular formula is C16H16ClN. The molecular weight excluding hydrogens is 242 g/mol. The first kappa shape index (κ1) is 11.6. The van der Waals surface area contributed by atoms with Crippen LogP contribution >= 0.6 is 11.6 Å². The Kier molecular flexibility index (Phi) is 2.79. The van der Waals surface area contributed by atoms with Crippen molar-refractivity contribution in [1.82, 2.24) is 0 Å². The molecule has 92 valence electrons. The van der Waals surface area contributed by atoms with Crippen molar-refractivity contribution in [2.75, 3.05) is 4.90 Å². The van der Waals surface area contributed by atoms with Gasteiger partial charge in [-0.2, -0.15) is 0 Å². The molecule has 1 heterocycles. The lowest BCUT2D eigenvalue weighted by Crippen LogP contribution is -2.14. The van der Waals surface area contributed by atoms with Gasteiger partial charge in [0.05, 0.1) is 0 Å². The van der Waals surface area contributed by atoms with Crippen LogP contribution in [0.2, 0.25) is 5.02 Å². The summed E-state index contributed by atoms with van der Waals surface area (Å²) in [7, 11) is 0. The highest BCUT2D eigenvalue weighted by atomic mass is 35.5. The van der Waals surface area contributed by atoms with Gasteiger partial charge in [0.15, 0.2) is 0 Å². The van der Waals surface area contributed by atoms with Crippen LogP contribution in [0.3, 0.4) is 0 Å². The highest BCUT2D eigenvalue weighted by Crippen LogP contribution is 2.31. The molecule has 1 nitrogen and oxygen atoms in total. The second-order valence-corrected chi connectivity index (χ2v) is 5.48. The molecule has 0 unspecified atom stereocenters. The summed E-state index contributed by atoms with van der Waals surface area (Å²) in [6.45, 7) is 6.32. The SMILES string of the molecule is Cc1cc2c(cc1C)CN(c1cccc(Cl)c1)C2. The van der Waals surface area contributed by atoms with E-state index in [-0.39, 0.29) is 0 Å². The fourth-order valence-electron chi connectivity index (χ4n) is 2.55. The summed E-state index contributed by atoms with van der Waals surface area (Å²) in [5.41, 5.74) is 6.84. The highest BCUT2D eigenvalue weighted by molar-refractivity contribution is 6.30. The number of benzene rings is 2. The number of nitrogens with zero attached hydrogens (tertiary/aromatic N) is 1. The summed E-state index contributed by atoms with van der Waals surface area (Å²) >= 11 is 6.06. The molecule has 1 aliphatic rings. The average molecular weight is 258 g/mol. The molecule has 0 saturated heterocycles. The molecule has 2 aromatic carbocycles. The lowest BCUT2D eigenvalue weighted by atomic mass is 10.0. The fraction of sp³-hybridized carbons (Fsp3) is 0.250. The number of rotatable bonds is 1. The summed E-state index contributed by atoms with van der Waals surface area (Å²) in [5.74, 6) is 0. The number of halogens is 1. The molecule has 0 spiro atoms. The number of anilines is 1. The lowest BCUT2D eigenvalue weighted by Gasteiger charge is -2.17. The second kappa shape index (κ2) is 4.33. The summed E-state index contributed by atoms with van der Waals surface area (Å²) in [5, 5.41) is 0.802. The smallest absolute Gasteiger partial charge is 0.0436 e.